The van der Waals surface area contributed by atoms with Gasteiger partial charge in [-0.3, -0.25) is 9.00 Å². The molecule has 1 unspecified atom stereocenters. The van der Waals surface area contributed by atoms with Gasteiger partial charge in [-0.05, 0) is 43.0 Å². The van der Waals surface area contributed by atoms with Gasteiger partial charge in [-0.2, -0.15) is 0 Å². The predicted molar refractivity (Wildman–Crippen MR) is 81.5 cm³/mol. The first-order valence-corrected chi connectivity index (χ1v) is 8.28. The van der Waals surface area contributed by atoms with Crippen LogP contribution in [0.2, 0.25) is 5.02 Å². The van der Waals surface area contributed by atoms with Crippen LogP contribution < -0.4 is 5.56 Å². The standard InChI is InChI=1S/C14H16ClNO2S/c1-19(18)7-3-2-4-10-8-11(15)9-13-12(10)5-6-14(17)16-13/h5-6,8-9H,2-4,7H2,1H3,(H,16,17). The van der Waals surface area contributed by atoms with E-state index in [-0.39, 0.29) is 5.56 Å². The molecule has 0 saturated carbocycles. The summed E-state index contributed by atoms with van der Waals surface area (Å²) in [7, 11) is -0.732. The number of pyridine rings is 1. The minimum absolute atomic E-state index is 0.123. The molecule has 0 fully saturated rings. The molecule has 1 aromatic carbocycles. The molecule has 2 aromatic rings. The normalized spacial score (nSPS) is 12.7. The lowest BCUT2D eigenvalue weighted by molar-refractivity contribution is 0.681. The van der Waals surface area contributed by atoms with Crippen molar-refractivity contribution >= 4 is 33.3 Å². The number of benzene rings is 1. The van der Waals surface area contributed by atoms with E-state index in [1.54, 1.807) is 12.3 Å². The number of aromatic nitrogens is 1. The van der Waals surface area contributed by atoms with E-state index in [4.69, 9.17) is 11.6 Å². The molecule has 1 heterocycles. The topological polar surface area (TPSA) is 49.9 Å². The number of aryl methyl sites for hydroxylation is 1. The Morgan fingerprint density at radius 2 is 2.05 bits per heavy atom. The van der Waals surface area contributed by atoms with E-state index in [1.165, 1.54) is 6.07 Å². The summed E-state index contributed by atoms with van der Waals surface area (Å²) in [6.07, 6.45) is 4.49. The van der Waals surface area contributed by atoms with E-state index >= 15 is 0 Å². The third-order valence-electron chi connectivity index (χ3n) is 3.02. The van der Waals surface area contributed by atoms with E-state index in [0.717, 1.165) is 41.5 Å². The molecule has 0 saturated heterocycles. The minimum Gasteiger partial charge on any atom is -0.322 e. The van der Waals surface area contributed by atoms with Crippen molar-refractivity contribution in [2.75, 3.05) is 12.0 Å². The Hall–Kier alpha value is -1.13. The van der Waals surface area contributed by atoms with Crippen LogP contribution in [0.1, 0.15) is 18.4 Å². The van der Waals surface area contributed by atoms with Crippen molar-refractivity contribution in [2.24, 2.45) is 0 Å². The summed E-state index contributed by atoms with van der Waals surface area (Å²) in [6.45, 7) is 0. The second-order valence-electron chi connectivity index (χ2n) is 4.58. The van der Waals surface area contributed by atoms with Crippen LogP contribution in [0, 0.1) is 0 Å². The van der Waals surface area contributed by atoms with Crippen LogP contribution in [0.5, 0.6) is 0 Å². The van der Waals surface area contributed by atoms with Crippen molar-refractivity contribution in [2.45, 2.75) is 19.3 Å². The van der Waals surface area contributed by atoms with Gasteiger partial charge in [0.25, 0.3) is 0 Å². The molecule has 1 aromatic heterocycles. The first-order chi connectivity index (χ1) is 9.06. The molecule has 0 aliphatic carbocycles. The summed E-state index contributed by atoms with van der Waals surface area (Å²) in [5, 5.41) is 1.66. The van der Waals surface area contributed by atoms with Gasteiger partial charge in [-0.1, -0.05) is 11.6 Å². The average molecular weight is 298 g/mol. The molecular formula is C14H16ClNO2S. The molecule has 102 valence electrons. The Kier molecular flexibility index (Phi) is 4.77. The highest BCUT2D eigenvalue weighted by Crippen LogP contribution is 2.23. The molecule has 1 atom stereocenters. The number of H-pyrrole nitrogens is 1. The van der Waals surface area contributed by atoms with Gasteiger partial charge in [0, 0.05) is 39.3 Å². The van der Waals surface area contributed by atoms with E-state index in [0.29, 0.717) is 5.02 Å². The quantitative estimate of drug-likeness (QED) is 0.863. The van der Waals surface area contributed by atoms with Crippen LogP contribution in [0.4, 0.5) is 0 Å². The largest absolute Gasteiger partial charge is 0.322 e. The Morgan fingerprint density at radius 3 is 2.79 bits per heavy atom. The SMILES string of the molecule is CS(=O)CCCCc1cc(Cl)cc2[nH]c(=O)ccc12. The molecule has 2 rings (SSSR count). The summed E-state index contributed by atoms with van der Waals surface area (Å²) in [5.41, 5.74) is 1.77. The van der Waals surface area contributed by atoms with Crippen LogP contribution in [0.15, 0.2) is 29.1 Å². The molecule has 5 heteroatoms. The zero-order valence-corrected chi connectivity index (χ0v) is 12.3. The Morgan fingerprint density at radius 1 is 1.26 bits per heavy atom. The lowest BCUT2D eigenvalue weighted by atomic mass is 10.0. The fourth-order valence-electron chi connectivity index (χ4n) is 2.14. The van der Waals surface area contributed by atoms with Gasteiger partial charge in [0.05, 0.1) is 5.52 Å². The van der Waals surface area contributed by atoms with Crippen molar-refractivity contribution in [1.29, 1.82) is 0 Å². The van der Waals surface area contributed by atoms with Crippen LogP contribution >= 0.6 is 11.6 Å². The van der Waals surface area contributed by atoms with Crippen molar-refractivity contribution in [3.05, 3.63) is 45.2 Å². The monoisotopic (exact) mass is 297 g/mol. The first-order valence-electron chi connectivity index (χ1n) is 6.18. The van der Waals surface area contributed by atoms with E-state index < -0.39 is 10.8 Å². The number of halogens is 1. The summed E-state index contributed by atoms with van der Waals surface area (Å²) in [6, 6.07) is 7.06. The Labute approximate surface area is 119 Å². The highest BCUT2D eigenvalue weighted by Gasteiger charge is 2.04. The number of aromatic amines is 1. The Balaban J connectivity index is 2.22. The highest BCUT2D eigenvalue weighted by atomic mass is 35.5. The van der Waals surface area contributed by atoms with Crippen LogP contribution in [-0.2, 0) is 17.2 Å². The second-order valence-corrected chi connectivity index (χ2v) is 6.57. The maximum absolute atomic E-state index is 11.3. The van der Waals surface area contributed by atoms with Crippen LogP contribution in [0.3, 0.4) is 0 Å². The zero-order chi connectivity index (χ0) is 13.8. The molecule has 19 heavy (non-hydrogen) atoms. The predicted octanol–water partition coefficient (Wildman–Crippen LogP) is 2.88. The van der Waals surface area contributed by atoms with E-state index in [1.807, 2.05) is 12.1 Å². The number of unbranched alkanes of at least 4 members (excludes halogenated alkanes) is 1. The van der Waals surface area contributed by atoms with Crippen molar-refractivity contribution < 1.29 is 4.21 Å². The smallest absolute Gasteiger partial charge is 0.248 e. The van der Waals surface area contributed by atoms with Gasteiger partial charge in [0.15, 0.2) is 0 Å². The number of hydrogen-bond acceptors (Lipinski definition) is 2. The summed E-state index contributed by atoms with van der Waals surface area (Å²) in [5.74, 6) is 0.731. The van der Waals surface area contributed by atoms with E-state index in [2.05, 4.69) is 4.98 Å². The maximum Gasteiger partial charge on any atom is 0.248 e. The van der Waals surface area contributed by atoms with Gasteiger partial charge in [0.1, 0.15) is 0 Å². The molecule has 0 aliphatic rings. The zero-order valence-electron chi connectivity index (χ0n) is 10.7. The molecule has 0 radical (unpaired) electrons. The van der Waals surface area contributed by atoms with Crippen molar-refractivity contribution in [3.8, 4) is 0 Å². The lowest BCUT2D eigenvalue weighted by Crippen LogP contribution is -2.03. The second kappa shape index (κ2) is 6.35. The van der Waals surface area contributed by atoms with Crippen molar-refractivity contribution in [3.63, 3.8) is 0 Å². The van der Waals surface area contributed by atoms with Gasteiger partial charge in [-0.25, -0.2) is 0 Å². The van der Waals surface area contributed by atoms with Crippen molar-refractivity contribution in [1.82, 2.24) is 4.98 Å². The number of fused-ring (bicyclic) bond motifs is 1. The third kappa shape index (κ3) is 3.91. The van der Waals surface area contributed by atoms with Gasteiger partial charge >= 0.3 is 0 Å². The van der Waals surface area contributed by atoms with E-state index in [9.17, 15) is 9.00 Å². The van der Waals surface area contributed by atoms with Gasteiger partial charge < -0.3 is 4.98 Å². The maximum atomic E-state index is 11.3. The molecular weight excluding hydrogens is 282 g/mol. The third-order valence-corrected chi connectivity index (χ3v) is 4.10. The summed E-state index contributed by atoms with van der Waals surface area (Å²) in [4.78, 5) is 14.1. The summed E-state index contributed by atoms with van der Waals surface area (Å²) >= 11 is 6.07. The first kappa shape index (κ1) is 14.3. The average Bonchev–Trinajstić information content (AvgIpc) is 2.33. The van der Waals surface area contributed by atoms with Crippen LogP contribution in [-0.4, -0.2) is 21.2 Å². The number of nitrogens with one attached hydrogen (secondary N) is 1. The van der Waals surface area contributed by atoms with Gasteiger partial charge in [-0.15, -0.1) is 0 Å². The molecule has 1 N–H and O–H groups in total. The number of rotatable bonds is 5. The van der Waals surface area contributed by atoms with Gasteiger partial charge in [0.2, 0.25) is 5.56 Å². The van der Waals surface area contributed by atoms with Crippen LogP contribution in [0.25, 0.3) is 10.9 Å². The molecule has 0 aliphatic heterocycles. The molecule has 0 amide bonds. The fraction of sp³-hybridized carbons (Fsp3) is 0.357. The highest BCUT2D eigenvalue weighted by molar-refractivity contribution is 7.84. The Bertz CT molecular complexity index is 666. The molecule has 0 bridgehead atoms. The fourth-order valence-corrected chi connectivity index (χ4v) is 2.99. The molecule has 3 nitrogen and oxygen atoms in total. The summed E-state index contributed by atoms with van der Waals surface area (Å²) < 4.78 is 11.0. The molecule has 0 spiro atoms. The number of hydrogen-bond donors (Lipinski definition) is 1. The minimum atomic E-state index is -0.732. The lowest BCUT2D eigenvalue weighted by Gasteiger charge is -2.07.